The molecule has 158 valence electrons. The first-order chi connectivity index (χ1) is 14.8. The van der Waals surface area contributed by atoms with E-state index in [1.54, 1.807) is 30.3 Å². The summed E-state index contributed by atoms with van der Waals surface area (Å²) in [4.78, 5) is 36.7. The zero-order valence-electron chi connectivity index (χ0n) is 16.5. The molecule has 0 aliphatic heterocycles. The molecule has 0 fully saturated rings. The Labute approximate surface area is 182 Å². The van der Waals surface area contributed by atoms with Crippen molar-refractivity contribution in [2.45, 2.75) is 0 Å². The molecule has 3 rings (SSSR count). The third-order valence-electron chi connectivity index (χ3n) is 4.45. The number of nitrogens with one attached hydrogen (secondary N) is 1. The van der Waals surface area contributed by atoms with Gasteiger partial charge in [0.1, 0.15) is 5.56 Å². The molecule has 0 saturated carbocycles. The van der Waals surface area contributed by atoms with E-state index in [4.69, 9.17) is 21.1 Å². The third kappa shape index (κ3) is 4.65. The molecule has 0 aliphatic rings. The zero-order valence-corrected chi connectivity index (χ0v) is 17.3. The predicted molar refractivity (Wildman–Crippen MR) is 115 cm³/mol. The van der Waals surface area contributed by atoms with Crippen molar-refractivity contribution in [2.24, 2.45) is 0 Å². The standard InChI is InChI=1S/C22H17ClN2O6/c1-30-19-11-16(18(25(28)29)12-20(19)31-2)22(27)24-17-9-8-14(23)10-15(17)21(26)13-6-4-3-5-7-13/h3-12H,1-2H3,(H,24,27). The van der Waals surface area contributed by atoms with Crippen LogP contribution < -0.4 is 14.8 Å². The van der Waals surface area contributed by atoms with Gasteiger partial charge in [0.2, 0.25) is 0 Å². The smallest absolute Gasteiger partial charge is 0.286 e. The molecule has 3 aromatic carbocycles. The molecule has 0 heterocycles. The maximum atomic E-state index is 12.9. The lowest BCUT2D eigenvalue weighted by molar-refractivity contribution is -0.385. The minimum absolute atomic E-state index is 0.109. The maximum Gasteiger partial charge on any atom is 0.286 e. The van der Waals surface area contributed by atoms with Crippen molar-refractivity contribution in [1.82, 2.24) is 0 Å². The number of carbonyl (C=O) groups excluding carboxylic acids is 2. The fourth-order valence-corrected chi connectivity index (χ4v) is 3.12. The molecule has 1 amide bonds. The quantitative estimate of drug-likeness (QED) is 0.322. The van der Waals surface area contributed by atoms with Gasteiger partial charge < -0.3 is 14.8 Å². The summed E-state index contributed by atoms with van der Waals surface area (Å²) in [6.45, 7) is 0. The van der Waals surface area contributed by atoms with Gasteiger partial charge >= 0.3 is 0 Å². The van der Waals surface area contributed by atoms with Gasteiger partial charge in [-0.05, 0) is 18.2 Å². The van der Waals surface area contributed by atoms with Crippen molar-refractivity contribution < 1.29 is 24.0 Å². The fraction of sp³-hybridized carbons (Fsp3) is 0.0909. The monoisotopic (exact) mass is 440 g/mol. The normalized spacial score (nSPS) is 10.3. The molecule has 0 aromatic heterocycles. The summed E-state index contributed by atoms with van der Waals surface area (Å²) in [5, 5.41) is 14.4. The molecule has 0 saturated heterocycles. The number of benzene rings is 3. The lowest BCUT2D eigenvalue weighted by Crippen LogP contribution is -2.17. The van der Waals surface area contributed by atoms with Crippen molar-refractivity contribution in [3.63, 3.8) is 0 Å². The van der Waals surface area contributed by atoms with Gasteiger partial charge in [-0.3, -0.25) is 19.7 Å². The van der Waals surface area contributed by atoms with Gasteiger partial charge in [0.25, 0.3) is 11.6 Å². The maximum absolute atomic E-state index is 12.9. The Kier molecular flexibility index (Phi) is 6.52. The number of nitro benzene ring substituents is 1. The van der Waals surface area contributed by atoms with Crippen molar-refractivity contribution in [2.75, 3.05) is 19.5 Å². The molecule has 0 radical (unpaired) electrons. The van der Waals surface area contributed by atoms with E-state index in [0.29, 0.717) is 10.6 Å². The molecule has 0 spiro atoms. The number of rotatable bonds is 7. The predicted octanol–water partition coefficient (Wildman–Crippen LogP) is 4.75. The molecule has 0 atom stereocenters. The number of halogens is 1. The van der Waals surface area contributed by atoms with Crippen molar-refractivity contribution >= 4 is 34.7 Å². The number of amides is 1. The van der Waals surface area contributed by atoms with Crippen LogP contribution in [0.15, 0.2) is 60.7 Å². The summed E-state index contributed by atoms with van der Waals surface area (Å²) in [7, 11) is 2.68. The number of carbonyl (C=O) groups is 2. The molecular formula is C22H17ClN2O6. The van der Waals surface area contributed by atoms with Crippen LogP contribution in [0.1, 0.15) is 26.3 Å². The second kappa shape index (κ2) is 9.27. The molecule has 8 nitrogen and oxygen atoms in total. The second-order valence-electron chi connectivity index (χ2n) is 6.32. The van der Waals surface area contributed by atoms with E-state index in [2.05, 4.69) is 5.32 Å². The van der Waals surface area contributed by atoms with Crippen LogP contribution in [0.25, 0.3) is 0 Å². The van der Waals surface area contributed by atoms with Gasteiger partial charge in [0.05, 0.1) is 30.9 Å². The van der Waals surface area contributed by atoms with E-state index in [1.165, 1.54) is 38.5 Å². The van der Waals surface area contributed by atoms with Crippen LogP contribution in [0.4, 0.5) is 11.4 Å². The highest BCUT2D eigenvalue weighted by Gasteiger charge is 2.26. The Bertz CT molecular complexity index is 1160. The number of nitrogens with zero attached hydrogens (tertiary/aromatic N) is 1. The van der Waals surface area contributed by atoms with E-state index in [1.807, 2.05) is 0 Å². The van der Waals surface area contributed by atoms with Crippen LogP contribution in [-0.4, -0.2) is 30.8 Å². The third-order valence-corrected chi connectivity index (χ3v) is 4.69. The highest BCUT2D eigenvalue weighted by atomic mass is 35.5. The van der Waals surface area contributed by atoms with Crippen LogP contribution in [-0.2, 0) is 0 Å². The number of hydrogen-bond acceptors (Lipinski definition) is 6. The fourth-order valence-electron chi connectivity index (χ4n) is 2.95. The average molecular weight is 441 g/mol. The van der Waals surface area contributed by atoms with E-state index in [0.717, 1.165) is 6.07 Å². The molecule has 0 bridgehead atoms. The second-order valence-corrected chi connectivity index (χ2v) is 6.76. The minimum atomic E-state index is -0.794. The molecular weight excluding hydrogens is 424 g/mol. The first kappa shape index (κ1) is 21.8. The highest BCUT2D eigenvalue weighted by molar-refractivity contribution is 6.31. The van der Waals surface area contributed by atoms with Gasteiger partial charge in [-0.25, -0.2) is 0 Å². The van der Waals surface area contributed by atoms with Gasteiger partial charge in [-0.2, -0.15) is 0 Å². The van der Waals surface area contributed by atoms with Gasteiger partial charge in [-0.1, -0.05) is 41.9 Å². The number of anilines is 1. The average Bonchev–Trinajstić information content (AvgIpc) is 2.79. The Hall–Kier alpha value is -3.91. The lowest BCUT2D eigenvalue weighted by Gasteiger charge is -2.13. The largest absolute Gasteiger partial charge is 0.493 e. The van der Waals surface area contributed by atoms with Crippen LogP contribution in [0.5, 0.6) is 11.5 Å². The Morgan fingerprint density at radius 2 is 1.58 bits per heavy atom. The molecule has 31 heavy (non-hydrogen) atoms. The van der Waals surface area contributed by atoms with Crippen molar-refractivity contribution in [3.8, 4) is 11.5 Å². The van der Waals surface area contributed by atoms with Gasteiger partial charge in [-0.15, -0.1) is 0 Å². The summed E-state index contributed by atoms with van der Waals surface area (Å²) in [5.41, 5.74) is -0.0179. The highest BCUT2D eigenvalue weighted by Crippen LogP contribution is 2.35. The Balaban J connectivity index is 2.03. The first-order valence-corrected chi connectivity index (χ1v) is 9.34. The zero-order chi connectivity index (χ0) is 22.5. The van der Waals surface area contributed by atoms with Crippen LogP contribution in [0, 0.1) is 10.1 Å². The van der Waals surface area contributed by atoms with Crippen LogP contribution in [0.3, 0.4) is 0 Å². The summed E-state index contributed by atoms with van der Waals surface area (Å²) < 4.78 is 10.2. The summed E-state index contributed by atoms with van der Waals surface area (Å²) in [6.07, 6.45) is 0. The van der Waals surface area contributed by atoms with Crippen LogP contribution >= 0.6 is 11.6 Å². The Morgan fingerprint density at radius 3 is 2.19 bits per heavy atom. The van der Waals surface area contributed by atoms with Crippen LogP contribution in [0.2, 0.25) is 5.02 Å². The number of ketones is 1. The van der Waals surface area contributed by atoms with E-state index in [9.17, 15) is 19.7 Å². The van der Waals surface area contributed by atoms with E-state index < -0.39 is 16.5 Å². The molecule has 9 heteroatoms. The topological polar surface area (TPSA) is 108 Å². The summed E-state index contributed by atoms with van der Waals surface area (Å²) in [6, 6.07) is 15.2. The SMILES string of the molecule is COc1cc(C(=O)Nc2ccc(Cl)cc2C(=O)c2ccccc2)c([N+](=O)[O-])cc1OC. The summed E-state index contributed by atoms with van der Waals surface area (Å²) >= 11 is 6.06. The molecule has 0 aliphatic carbocycles. The van der Waals surface area contributed by atoms with Gasteiger partial charge in [0.15, 0.2) is 17.3 Å². The van der Waals surface area contributed by atoms with Gasteiger partial charge in [0, 0.05) is 22.2 Å². The van der Waals surface area contributed by atoms with Crippen molar-refractivity contribution in [3.05, 3.63) is 92.5 Å². The molecule has 0 unspecified atom stereocenters. The molecule has 1 N–H and O–H groups in total. The minimum Gasteiger partial charge on any atom is -0.493 e. The number of nitro groups is 1. The first-order valence-electron chi connectivity index (χ1n) is 8.96. The van der Waals surface area contributed by atoms with Crippen molar-refractivity contribution in [1.29, 1.82) is 0 Å². The number of hydrogen-bond donors (Lipinski definition) is 1. The lowest BCUT2D eigenvalue weighted by atomic mass is 10.0. The van der Waals surface area contributed by atoms with E-state index >= 15 is 0 Å². The number of methoxy groups -OCH3 is 2. The molecule has 3 aromatic rings. The summed E-state index contributed by atoms with van der Waals surface area (Å²) in [5.74, 6) is -0.899. The number of ether oxygens (including phenoxy) is 2. The van der Waals surface area contributed by atoms with E-state index in [-0.39, 0.29) is 34.1 Å². The Morgan fingerprint density at radius 1 is 0.935 bits per heavy atom.